The first-order chi connectivity index (χ1) is 17.9. The molecule has 0 aliphatic carbocycles. The van der Waals surface area contributed by atoms with Crippen LogP contribution in [0.3, 0.4) is 0 Å². The van der Waals surface area contributed by atoms with Gasteiger partial charge in [0.2, 0.25) is 0 Å². The van der Waals surface area contributed by atoms with E-state index in [4.69, 9.17) is 19.9 Å². The molecule has 0 bridgehead atoms. The van der Waals surface area contributed by atoms with E-state index in [-0.39, 0.29) is 12.5 Å². The predicted octanol–water partition coefficient (Wildman–Crippen LogP) is 4.72. The lowest BCUT2D eigenvalue weighted by Gasteiger charge is -2.16. The van der Waals surface area contributed by atoms with Gasteiger partial charge in [-0.2, -0.15) is 0 Å². The molecule has 0 radical (unpaired) electrons. The molecule has 0 aliphatic rings. The number of urea groups is 1. The second-order valence-corrected chi connectivity index (χ2v) is 7.98. The summed E-state index contributed by atoms with van der Waals surface area (Å²) in [6, 6.07) is 17.5. The van der Waals surface area contributed by atoms with Gasteiger partial charge >= 0.3 is 6.03 Å². The van der Waals surface area contributed by atoms with Crippen molar-refractivity contribution < 1.29 is 23.8 Å². The molecule has 37 heavy (non-hydrogen) atoms. The van der Waals surface area contributed by atoms with E-state index in [9.17, 15) is 9.59 Å². The zero-order valence-corrected chi connectivity index (χ0v) is 21.4. The Kier molecular flexibility index (Phi) is 10.0. The minimum absolute atomic E-state index is 0.184. The van der Waals surface area contributed by atoms with Crippen LogP contribution >= 0.6 is 0 Å². The molecule has 9 heteroatoms. The van der Waals surface area contributed by atoms with E-state index in [1.165, 1.54) is 0 Å². The molecule has 196 valence electrons. The van der Waals surface area contributed by atoms with Gasteiger partial charge in [0, 0.05) is 30.4 Å². The fraction of sp³-hybridized carbons (Fsp3) is 0.286. The highest BCUT2D eigenvalue weighted by molar-refractivity contribution is 5.99. The van der Waals surface area contributed by atoms with Crippen molar-refractivity contribution in [2.45, 2.75) is 33.9 Å². The Morgan fingerprint density at radius 3 is 2.14 bits per heavy atom. The van der Waals surface area contributed by atoms with Gasteiger partial charge in [-0.3, -0.25) is 4.79 Å². The third kappa shape index (κ3) is 7.79. The molecule has 5 N–H and O–H groups in total. The fourth-order valence-corrected chi connectivity index (χ4v) is 3.62. The molecular weight excluding hydrogens is 472 g/mol. The lowest BCUT2D eigenvalue weighted by atomic mass is 10.1. The van der Waals surface area contributed by atoms with Gasteiger partial charge in [-0.15, -0.1) is 0 Å². The van der Waals surface area contributed by atoms with E-state index in [0.717, 1.165) is 11.1 Å². The van der Waals surface area contributed by atoms with Gasteiger partial charge in [-0.25, -0.2) is 4.79 Å². The minimum atomic E-state index is -0.447. The number of rotatable bonds is 12. The molecule has 0 atom stereocenters. The molecule has 0 spiro atoms. The van der Waals surface area contributed by atoms with Gasteiger partial charge in [-0.1, -0.05) is 30.3 Å². The SMILES string of the molecule is CCOc1cc(CNC(=O)Nc2ccc(OCC)c(C(=O)NCc3ccccc3)c2)c(OCC)cc1N. The second kappa shape index (κ2) is 13.6. The van der Waals surface area contributed by atoms with Crippen LogP contribution < -0.4 is 35.9 Å². The number of hydrogen-bond acceptors (Lipinski definition) is 6. The minimum Gasteiger partial charge on any atom is -0.493 e. The summed E-state index contributed by atoms with van der Waals surface area (Å²) in [6.07, 6.45) is 0. The first-order valence-electron chi connectivity index (χ1n) is 12.3. The van der Waals surface area contributed by atoms with Crippen molar-refractivity contribution in [2.24, 2.45) is 0 Å². The fourth-order valence-electron chi connectivity index (χ4n) is 3.62. The van der Waals surface area contributed by atoms with Gasteiger partial charge in [0.15, 0.2) is 0 Å². The maximum absolute atomic E-state index is 12.9. The Morgan fingerprint density at radius 1 is 0.757 bits per heavy atom. The van der Waals surface area contributed by atoms with Crippen LogP contribution in [-0.4, -0.2) is 31.8 Å². The third-order valence-electron chi connectivity index (χ3n) is 5.31. The summed E-state index contributed by atoms with van der Waals surface area (Å²) in [5, 5.41) is 8.48. The maximum Gasteiger partial charge on any atom is 0.319 e. The number of anilines is 2. The quantitative estimate of drug-likeness (QED) is 0.264. The molecule has 0 aromatic heterocycles. The molecule has 0 unspecified atom stereocenters. The molecule has 3 aromatic rings. The highest BCUT2D eigenvalue weighted by Gasteiger charge is 2.16. The molecule has 3 aromatic carbocycles. The highest BCUT2D eigenvalue weighted by atomic mass is 16.5. The Labute approximate surface area is 217 Å². The second-order valence-electron chi connectivity index (χ2n) is 7.98. The zero-order chi connectivity index (χ0) is 26.6. The lowest BCUT2D eigenvalue weighted by molar-refractivity contribution is 0.0947. The molecule has 0 heterocycles. The average molecular weight is 507 g/mol. The molecule has 0 saturated carbocycles. The third-order valence-corrected chi connectivity index (χ3v) is 5.31. The van der Waals surface area contributed by atoms with E-state index in [0.29, 0.717) is 60.6 Å². The summed E-state index contributed by atoms with van der Waals surface area (Å²) in [7, 11) is 0. The van der Waals surface area contributed by atoms with Gasteiger partial charge < -0.3 is 35.9 Å². The number of ether oxygens (including phenoxy) is 3. The van der Waals surface area contributed by atoms with Crippen molar-refractivity contribution >= 4 is 23.3 Å². The van der Waals surface area contributed by atoms with Crippen molar-refractivity contribution in [1.82, 2.24) is 10.6 Å². The first kappa shape index (κ1) is 27.2. The summed E-state index contributed by atoms with van der Waals surface area (Å²) in [5.41, 5.74) is 8.98. The van der Waals surface area contributed by atoms with Crippen LogP contribution in [0.25, 0.3) is 0 Å². The van der Waals surface area contributed by atoms with Crippen molar-refractivity contribution in [2.75, 3.05) is 30.9 Å². The molecule has 0 aliphatic heterocycles. The number of hydrogen-bond donors (Lipinski definition) is 4. The summed E-state index contributed by atoms with van der Waals surface area (Å²) in [6.45, 7) is 7.46. The number of benzene rings is 3. The summed E-state index contributed by atoms with van der Waals surface area (Å²) >= 11 is 0. The smallest absolute Gasteiger partial charge is 0.319 e. The largest absolute Gasteiger partial charge is 0.493 e. The lowest BCUT2D eigenvalue weighted by Crippen LogP contribution is -2.29. The van der Waals surface area contributed by atoms with Crippen LogP contribution in [0.4, 0.5) is 16.2 Å². The van der Waals surface area contributed by atoms with Gasteiger partial charge in [0.1, 0.15) is 17.2 Å². The zero-order valence-electron chi connectivity index (χ0n) is 21.4. The van der Waals surface area contributed by atoms with Crippen LogP contribution in [0.15, 0.2) is 60.7 Å². The standard InChI is InChI=1S/C28H34N4O5/c1-4-35-24-13-12-21(15-22(24)27(33)30-17-19-10-8-7-9-11-19)32-28(34)31-18-20-14-26(37-6-3)23(29)16-25(20)36-5-2/h7-16H,4-6,17-18,29H2,1-3H3,(H,30,33)(H2,31,32,34). The van der Waals surface area contributed by atoms with Crippen LogP contribution in [0, 0.1) is 0 Å². The number of nitrogens with one attached hydrogen (secondary N) is 3. The molecular formula is C28H34N4O5. The summed E-state index contributed by atoms with van der Waals surface area (Å²) in [4.78, 5) is 25.6. The summed E-state index contributed by atoms with van der Waals surface area (Å²) < 4.78 is 16.9. The molecule has 0 saturated heterocycles. The van der Waals surface area contributed by atoms with E-state index in [1.54, 1.807) is 30.3 Å². The molecule has 3 rings (SSSR count). The Hall–Kier alpha value is -4.40. The van der Waals surface area contributed by atoms with Crippen LogP contribution in [-0.2, 0) is 13.1 Å². The molecule has 3 amide bonds. The van der Waals surface area contributed by atoms with E-state index >= 15 is 0 Å². The van der Waals surface area contributed by atoms with Crippen LogP contribution in [0.5, 0.6) is 17.2 Å². The van der Waals surface area contributed by atoms with Crippen molar-refractivity contribution in [3.8, 4) is 17.2 Å². The van der Waals surface area contributed by atoms with Crippen LogP contribution in [0.1, 0.15) is 42.3 Å². The van der Waals surface area contributed by atoms with E-state index < -0.39 is 6.03 Å². The van der Waals surface area contributed by atoms with Gasteiger partial charge in [0.05, 0.1) is 31.1 Å². The van der Waals surface area contributed by atoms with Gasteiger partial charge in [-0.05, 0) is 50.6 Å². The molecule has 0 fully saturated rings. The summed E-state index contributed by atoms with van der Waals surface area (Å²) in [5.74, 6) is 1.23. The Bertz CT molecular complexity index is 1200. The van der Waals surface area contributed by atoms with Crippen molar-refractivity contribution in [3.05, 3.63) is 77.4 Å². The number of amides is 3. The number of carbonyl (C=O) groups is 2. The number of carbonyl (C=O) groups excluding carboxylic acids is 2. The number of nitrogen functional groups attached to an aromatic ring is 1. The normalized spacial score (nSPS) is 10.4. The Balaban J connectivity index is 1.69. The van der Waals surface area contributed by atoms with Crippen molar-refractivity contribution in [3.63, 3.8) is 0 Å². The first-order valence-corrected chi connectivity index (χ1v) is 12.3. The average Bonchev–Trinajstić information content (AvgIpc) is 2.90. The van der Waals surface area contributed by atoms with E-state index in [2.05, 4.69) is 16.0 Å². The van der Waals surface area contributed by atoms with Crippen molar-refractivity contribution in [1.29, 1.82) is 0 Å². The Morgan fingerprint density at radius 2 is 1.43 bits per heavy atom. The highest BCUT2D eigenvalue weighted by Crippen LogP contribution is 2.31. The molecule has 9 nitrogen and oxygen atoms in total. The van der Waals surface area contributed by atoms with Gasteiger partial charge in [0.25, 0.3) is 5.91 Å². The van der Waals surface area contributed by atoms with Crippen LogP contribution in [0.2, 0.25) is 0 Å². The topological polar surface area (TPSA) is 124 Å². The predicted molar refractivity (Wildman–Crippen MR) is 144 cm³/mol. The number of nitrogens with two attached hydrogens (primary N) is 1. The maximum atomic E-state index is 12.9. The van der Waals surface area contributed by atoms with E-state index in [1.807, 2.05) is 51.1 Å². The monoisotopic (exact) mass is 506 g/mol.